The van der Waals surface area contributed by atoms with Crippen molar-refractivity contribution in [1.29, 1.82) is 0 Å². The Labute approximate surface area is 291 Å². The predicted molar refractivity (Wildman–Crippen MR) is 195 cm³/mol. The van der Waals surface area contributed by atoms with E-state index in [1.54, 1.807) is 31.4 Å². The Morgan fingerprint density at radius 3 is 2.42 bits per heavy atom. The Hall–Kier alpha value is -5.09. The highest BCUT2D eigenvalue weighted by Gasteiger charge is 2.45. The Kier molecular flexibility index (Phi) is 9.38. The highest BCUT2D eigenvalue weighted by Crippen LogP contribution is 2.48. The van der Waals surface area contributed by atoms with Crippen molar-refractivity contribution in [1.82, 2.24) is 9.88 Å². The maximum absolute atomic E-state index is 14.0. The molecule has 3 aromatic carbocycles. The second kappa shape index (κ2) is 14.0. The second-order valence-corrected chi connectivity index (χ2v) is 13.7. The lowest BCUT2D eigenvalue weighted by molar-refractivity contribution is -0.131. The van der Waals surface area contributed by atoms with Crippen LogP contribution < -0.4 is 20.3 Å². The van der Waals surface area contributed by atoms with Gasteiger partial charge in [-0.1, -0.05) is 37.5 Å². The van der Waals surface area contributed by atoms with Crippen LogP contribution in [0.15, 0.2) is 66.7 Å². The molecule has 0 bridgehead atoms. The van der Waals surface area contributed by atoms with Crippen LogP contribution in [0.4, 0.5) is 11.4 Å². The molecule has 50 heavy (non-hydrogen) atoms. The van der Waals surface area contributed by atoms with Gasteiger partial charge in [-0.25, -0.2) is 4.79 Å². The van der Waals surface area contributed by atoms with Gasteiger partial charge in [0.1, 0.15) is 11.3 Å². The number of fused-ring (bicyclic) bond motifs is 5. The molecule has 2 saturated carbocycles. The van der Waals surface area contributed by atoms with Gasteiger partial charge in [0.15, 0.2) is 0 Å². The van der Waals surface area contributed by atoms with Gasteiger partial charge >= 0.3 is 5.97 Å². The van der Waals surface area contributed by atoms with E-state index in [1.165, 1.54) is 42.0 Å². The monoisotopic (exact) mass is 676 g/mol. The van der Waals surface area contributed by atoms with Crippen LogP contribution in [0.3, 0.4) is 0 Å². The first-order chi connectivity index (χ1) is 24.3. The fraction of sp³-hybridized carbons (Fsp3) is 0.375. The van der Waals surface area contributed by atoms with Crippen molar-refractivity contribution in [3.63, 3.8) is 0 Å². The quantitative estimate of drug-likeness (QED) is 0.140. The number of carbonyl (C=O) groups is 3. The van der Waals surface area contributed by atoms with E-state index in [0.717, 1.165) is 47.9 Å². The van der Waals surface area contributed by atoms with E-state index in [1.807, 2.05) is 18.2 Å². The first-order valence-corrected chi connectivity index (χ1v) is 17.7. The topological polar surface area (TPSA) is 133 Å². The normalized spacial score (nSPS) is 17.0. The minimum atomic E-state index is -1.03. The minimum absolute atomic E-state index is 0.0386. The van der Waals surface area contributed by atoms with Crippen molar-refractivity contribution in [2.75, 3.05) is 37.0 Å². The number of aliphatic carboxylic acids is 1. The number of nitrogens with one attached hydrogen (secondary N) is 2. The lowest BCUT2D eigenvalue weighted by Crippen LogP contribution is -2.61. The van der Waals surface area contributed by atoms with E-state index in [4.69, 9.17) is 9.84 Å². The molecule has 7 rings (SSSR count). The van der Waals surface area contributed by atoms with Gasteiger partial charge in [-0.15, -0.1) is 0 Å². The molecule has 0 unspecified atom stereocenters. The lowest BCUT2D eigenvalue weighted by atomic mass is 9.75. The van der Waals surface area contributed by atoms with Crippen molar-refractivity contribution < 1.29 is 29.3 Å². The number of aliphatic hydroxyl groups is 1. The zero-order valence-electron chi connectivity index (χ0n) is 28.4. The summed E-state index contributed by atoms with van der Waals surface area (Å²) in [4.78, 5) is 40.6. The molecule has 2 aliphatic carbocycles. The summed E-state index contributed by atoms with van der Waals surface area (Å²) in [6.07, 6.45) is 10.3. The summed E-state index contributed by atoms with van der Waals surface area (Å²) in [5, 5.41) is 26.1. The van der Waals surface area contributed by atoms with E-state index in [2.05, 4.69) is 38.3 Å². The molecule has 2 amide bonds. The molecule has 4 aromatic rings. The molecule has 10 nitrogen and oxygen atoms in total. The van der Waals surface area contributed by atoms with Crippen LogP contribution in [0.25, 0.3) is 28.2 Å². The van der Waals surface area contributed by atoms with Gasteiger partial charge in [-0.3, -0.25) is 9.59 Å². The van der Waals surface area contributed by atoms with Gasteiger partial charge in [0.05, 0.1) is 19.4 Å². The SMILES string of the molecule is COc1ccc2c(c1)N(CCO)CCn1c-2c(C2CCCCC2)c2ccc(C(=O)NC3(C(=O)Nc4ccc(/C=C/C(=O)O)cc4)CCC3)cc21. The third kappa shape index (κ3) is 6.35. The number of carbonyl (C=O) groups excluding carboxylic acids is 2. The van der Waals surface area contributed by atoms with Gasteiger partial charge in [0.25, 0.3) is 5.91 Å². The first kappa shape index (κ1) is 33.4. The number of rotatable bonds is 10. The summed E-state index contributed by atoms with van der Waals surface area (Å²) in [6.45, 7) is 1.93. The van der Waals surface area contributed by atoms with Gasteiger partial charge in [-0.2, -0.15) is 0 Å². The third-order valence-electron chi connectivity index (χ3n) is 10.7. The highest BCUT2D eigenvalue weighted by molar-refractivity contribution is 6.06. The number of aromatic nitrogens is 1. The molecular formula is C40H44N4O6. The van der Waals surface area contributed by atoms with Gasteiger partial charge < -0.3 is 35.1 Å². The number of nitrogens with zero attached hydrogens (tertiary/aromatic N) is 2. The maximum atomic E-state index is 14.0. The summed E-state index contributed by atoms with van der Waals surface area (Å²) < 4.78 is 7.98. The van der Waals surface area contributed by atoms with E-state index >= 15 is 0 Å². The number of aliphatic hydroxyl groups excluding tert-OH is 1. The number of β-amino-alcohol motifs (C(OH)–C–C–N with tert-alkyl or cyclic N) is 1. The molecule has 10 heteroatoms. The van der Waals surface area contributed by atoms with Gasteiger partial charge in [0, 0.05) is 65.2 Å². The van der Waals surface area contributed by atoms with Crippen LogP contribution in [-0.4, -0.2) is 64.9 Å². The average molecular weight is 677 g/mol. The van der Waals surface area contributed by atoms with Crippen LogP contribution in [0.5, 0.6) is 5.75 Å². The van der Waals surface area contributed by atoms with Gasteiger partial charge in [-0.05, 0) is 91.6 Å². The number of methoxy groups -OCH3 is 1. The number of anilines is 2. The molecule has 0 radical (unpaired) electrons. The fourth-order valence-corrected chi connectivity index (χ4v) is 7.96. The summed E-state index contributed by atoms with van der Waals surface area (Å²) in [7, 11) is 1.67. The van der Waals surface area contributed by atoms with E-state index < -0.39 is 11.5 Å². The number of carboxylic acids is 1. The Morgan fingerprint density at radius 1 is 0.960 bits per heavy atom. The number of carboxylic acid groups (broad SMARTS) is 1. The average Bonchev–Trinajstić information content (AvgIpc) is 3.35. The first-order valence-electron chi connectivity index (χ1n) is 17.7. The number of hydrogen-bond donors (Lipinski definition) is 4. The molecule has 2 heterocycles. The van der Waals surface area contributed by atoms with E-state index in [9.17, 15) is 19.5 Å². The zero-order chi connectivity index (χ0) is 34.8. The lowest BCUT2D eigenvalue weighted by Gasteiger charge is -2.40. The number of hydrogen-bond acceptors (Lipinski definition) is 6. The molecule has 1 aliphatic heterocycles. The third-order valence-corrected chi connectivity index (χ3v) is 10.7. The standard InChI is InChI=1S/C40H44N4O6/c1-50-30-14-16-32-33(25-30)43(22-23-45)20-21-44-34-24-28(11-15-31(34)36(37(32)44)27-6-3-2-4-7-27)38(48)42-40(18-5-19-40)39(49)41-29-12-8-26(9-13-29)10-17-35(46)47/h8-17,24-25,27,45H,2-7,18-23H2,1H3,(H,41,49)(H,42,48)(H,46,47)/b17-10+. The molecule has 1 aromatic heterocycles. The maximum Gasteiger partial charge on any atom is 0.328 e. The van der Waals surface area contributed by atoms with Crippen LogP contribution in [0.2, 0.25) is 0 Å². The predicted octanol–water partition coefficient (Wildman–Crippen LogP) is 6.57. The van der Waals surface area contributed by atoms with Gasteiger partial charge in [0.2, 0.25) is 5.91 Å². The smallest absolute Gasteiger partial charge is 0.328 e. The highest BCUT2D eigenvalue weighted by atomic mass is 16.5. The summed E-state index contributed by atoms with van der Waals surface area (Å²) >= 11 is 0. The summed E-state index contributed by atoms with van der Waals surface area (Å²) in [5.74, 6) is -0.401. The Balaban J connectivity index is 1.22. The molecule has 4 N–H and O–H groups in total. The number of benzene rings is 3. The number of ether oxygens (including phenoxy) is 1. The van der Waals surface area contributed by atoms with Crippen molar-refractivity contribution in [2.45, 2.75) is 69.4 Å². The van der Waals surface area contributed by atoms with Crippen LogP contribution in [0.1, 0.15) is 78.8 Å². The molecular weight excluding hydrogens is 632 g/mol. The molecule has 260 valence electrons. The molecule has 0 spiro atoms. The van der Waals surface area contributed by atoms with Crippen LogP contribution in [-0.2, 0) is 16.1 Å². The van der Waals surface area contributed by atoms with Crippen molar-refractivity contribution in [2.24, 2.45) is 0 Å². The zero-order valence-corrected chi connectivity index (χ0v) is 28.4. The number of amides is 2. The van der Waals surface area contributed by atoms with Crippen molar-refractivity contribution in [3.8, 4) is 17.0 Å². The Bertz CT molecular complexity index is 1950. The molecule has 2 fully saturated rings. The molecule has 0 saturated heterocycles. The molecule has 3 aliphatic rings. The minimum Gasteiger partial charge on any atom is -0.497 e. The summed E-state index contributed by atoms with van der Waals surface area (Å²) in [5.41, 5.74) is 6.44. The van der Waals surface area contributed by atoms with E-state index in [-0.39, 0.29) is 18.4 Å². The largest absolute Gasteiger partial charge is 0.497 e. The second-order valence-electron chi connectivity index (χ2n) is 13.7. The molecule has 0 atom stereocenters. The van der Waals surface area contributed by atoms with E-state index in [0.29, 0.717) is 55.2 Å². The van der Waals surface area contributed by atoms with Crippen molar-refractivity contribution in [3.05, 3.63) is 83.4 Å². The summed E-state index contributed by atoms with van der Waals surface area (Å²) in [6, 6.07) is 19.1. The van der Waals surface area contributed by atoms with Crippen LogP contribution >= 0.6 is 0 Å². The van der Waals surface area contributed by atoms with Crippen LogP contribution in [0, 0.1) is 0 Å². The fourth-order valence-electron chi connectivity index (χ4n) is 7.96. The van der Waals surface area contributed by atoms with Crippen molar-refractivity contribution >= 4 is 46.1 Å². The Morgan fingerprint density at radius 2 is 1.74 bits per heavy atom.